The van der Waals surface area contributed by atoms with Gasteiger partial charge < -0.3 is 10.5 Å². The fraction of sp³-hybridized carbons (Fsp3) is 0.364. The number of hydrogen-bond acceptors (Lipinski definition) is 3. The van der Waals surface area contributed by atoms with Gasteiger partial charge in [-0.25, -0.2) is 4.79 Å². The Balaban J connectivity index is 0.00000289. The average Bonchev–Trinajstić information content (AvgIpc) is 2.29. The van der Waals surface area contributed by atoms with Crippen molar-refractivity contribution in [3.8, 4) is 0 Å². The summed E-state index contributed by atoms with van der Waals surface area (Å²) in [4.78, 5) is 11.1. The fourth-order valence-electron chi connectivity index (χ4n) is 1.28. The van der Waals surface area contributed by atoms with E-state index in [9.17, 15) is 13.6 Å². The molecule has 0 aliphatic rings. The maximum atomic E-state index is 13.6. The van der Waals surface area contributed by atoms with Crippen LogP contribution in [-0.4, -0.2) is 18.5 Å². The summed E-state index contributed by atoms with van der Waals surface area (Å²) < 4.78 is 31.5. The van der Waals surface area contributed by atoms with E-state index in [2.05, 4.69) is 4.74 Å². The second-order valence-corrected chi connectivity index (χ2v) is 3.75. The summed E-state index contributed by atoms with van der Waals surface area (Å²) in [7, 11) is 0. The minimum Gasteiger partial charge on any atom is -0.462 e. The Kier molecular flexibility index (Phi) is 6.52. The lowest BCUT2D eigenvalue weighted by Crippen LogP contribution is -2.41. The smallest absolute Gasteiger partial charge is 0.379 e. The monoisotopic (exact) mass is 299 g/mol. The van der Waals surface area contributed by atoms with E-state index < -0.39 is 17.9 Å². The lowest BCUT2D eigenvalue weighted by atomic mass is 10.0. The number of esters is 1. The lowest BCUT2D eigenvalue weighted by Gasteiger charge is -2.22. The van der Waals surface area contributed by atoms with E-state index in [4.69, 9.17) is 17.3 Å². The molecule has 18 heavy (non-hydrogen) atoms. The molecule has 0 aliphatic carbocycles. The van der Waals surface area contributed by atoms with Crippen molar-refractivity contribution in [3.63, 3.8) is 0 Å². The van der Waals surface area contributed by atoms with Crippen LogP contribution in [0.4, 0.5) is 8.78 Å². The third-order valence-corrected chi connectivity index (χ3v) is 2.52. The van der Waals surface area contributed by atoms with Crippen LogP contribution in [0, 0.1) is 0 Å². The molecule has 0 fully saturated rings. The van der Waals surface area contributed by atoms with Crippen LogP contribution in [0.2, 0.25) is 5.02 Å². The molecule has 3 nitrogen and oxygen atoms in total. The SMILES string of the molecule is CCOC(=O)C(F)(F)[C@H](N)c1ccccc1Cl.Cl. The van der Waals surface area contributed by atoms with E-state index in [-0.39, 0.29) is 29.6 Å². The van der Waals surface area contributed by atoms with E-state index >= 15 is 0 Å². The first-order chi connectivity index (χ1) is 7.91. The van der Waals surface area contributed by atoms with Crippen LogP contribution >= 0.6 is 24.0 Å². The van der Waals surface area contributed by atoms with Crippen molar-refractivity contribution in [2.75, 3.05) is 6.61 Å². The van der Waals surface area contributed by atoms with E-state index in [1.165, 1.54) is 25.1 Å². The summed E-state index contributed by atoms with van der Waals surface area (Å²) in [5.41, 5.74) is 5.38. The minimum absolute atomic E-state index is 0. The molecule has 1 aromatic carbocycles. The third-order valence-electron chi connectivity index (χ3n) is 2.18. The molecular formula is C11H13Cl2F2NO2. The lowest BCUT2D eigenvalue weighted by molar-refractivity contribution is -0.174. The minimum atomic E-state index is -3.80. The Hall–Kier alpha value is -0.910. The van der Waals surface area contributed by atoms with Crippen LogP contribution in [0.3, 0.4) is 0 Å². The average molecular weight is 300 g/mol. The van der Waals surface area contributed by atoms with Gasteiger partial charge in [0, 0.05) is 5.02 Å². The molecule has 0 heterocycles. The number of carbonyl (C=O) groups is 1. The summed E-state index contributed by atoms with van der Waals surface area (Å²) >= 11 is 5.74. The Bertz CT molecular complexity index is 416. The van der Waals surface area contributed by atoms with E-state index in [1.807, 2.05) is 0 Å². The first-order valence-corrected chi connectivity index (χ1v) is 5.34. The van der Waals surface area contributed by atoms with Crippen molar-refractivity contribution in [2.24, 2.45) is 5.73 Å². The number of carbonyl (C=O) groups excluding carboxylic acids is 1. The van der Waals surface area contributed by atoms with Gasteiger partial charge >= 0.3 is 11.9 Å². The number of benzene rings is 1. The van der Waals surface area contributed by atoms with Gasteiger partial charge in [0.05, 0.1) is 6.61 Å². The van der Waals surface area contributed by atoms with Crippen LogP contribution in [0.25, 0.3) is 0 Å². The van der Waals surface area contributed by atoms with Crippen LogP contribution in [0.15, 0.2) is 24.3 Å². The molecule has 0 amide bonds. The molecule has 0 spiro atoms. The molecule has 7 heteroatoms. The van der Waals surface area contributed by atoms with Crippen molar-refractivity contribution < 1.29 is 18.3 Å². The summed E-state index contributed by atoms with van der Waals surface area (Å²) in [6, 6.07) is 4.05. The maximum Gasteiger partial charge on any atom is 0.379 e. The Labute approximate surface area is 115 Å². The van der Waals surface area contributed by atoms with Crippen LogP contribution < -0.4 is 5.73 Å². The highest BCUT2D eigenvalue weighted by atomic mass is 35.5. The largest absolute Gasteiger partial charge is 0.462 e. The van der Waals surface area contributed by atoms with Gasteiger partial charge in [0.25, 0.3) is 0 Å². The summed E-state index contributed by atoms with van der Waals surface area (Å²) in [6.07, 6.45) is 0. The highest BCUT2D eigenvalue weighted by Gasteiger charge is 2.48. The molecule has 102 valence electrons. The normalized spacial score (nSPS) is 12.5. The highest BCUT2D eigenvalue weighted by molar-refractivity contribution is 6.31. The molecule has 0 aliphatic heterocycles. The van der Waals surface area contributed by atoms with Crippen LogP contribution in [0.5, 0.6) is 0 Å². The number of alkyl halides is 2. The van der Waals surface area contributed by atoms with Crippen molar-refractivity contribution in [1.29, 1.82) is 0 Å². The molecule has 2 N–H and O–H groups in total. The van der Waals surface area contributed by atoms with E-state index in [1.54, 1.807) is 6.07 Å². The van der Waals surface area contributed by atoms with Crippen molar-refractivity contribution in [1.82, 2.24) is 0 Å². The third kappa shape index (κ3) is 3.54. The van der Waals surface area contributed by atoms with Gasteiger partial charge in [0.1, 0.15) is 6.04 Å². The molecule has 1 rings (SSSR count). The number of nitrogens with two attached hydrogens (primary N) is 1. The first kappa shape index (κ1) is 17.1. The van der Waals surface area contributed by atoms with Crippen molar-refractivity contribution in [2.45, 2.75) is 18.9 Å². The maximum absolute atomic E-state index is 13.6. The summed E-state index contributed by atoms with van der Waals surface area (Å²) in [5, 5.41) is 0.0870. The predicted molar refractivity (Wildman–Crippen MR) is 67.2 cm³/mol. The molecule has 0 bridgehead atoms. The molecule has 0 radical (unpaired) electrons. The fourth-order valence-corrected chi connectivity index (χ4v) is 1.53. The number of rotatable bonds is 4. The number of ether oxygens (including phenoxy) is 1. The summed E-state index contributed by atoms with van der Waals surface area (Å²) in [6.45, 7) is 1.30. The predicted octanol–water partition coefficient (Wildman–Crippen LogP) is 2.96. The summed E-state index contributed by atoms with van der Waals surface area (Å²) in [5.74, 6) is -5.45. The van der Waals surface area contributed by atoms with E-state index in [0.29, 0.717) is 0 Å². The standard InChI is InChI=1S/C11H12ClF2NO2.ClH/c1-2-17-10(16)11(13,14)9(15)7-5-3-4-6-8(7)12;/h3-6,9H,2,15H2,1H3;1H/t9-;/m1./s1. The molecule has 0 saturated carbocycles. The molecule has 0 aromatic heterocycles. The zero-order valence-electron chi connectivity index (χ0n) is 9.53. The van der Waals surface area contributed by atoms with Crippen LogP contribution in [0.1, 0.15) is 18.5 Å². The molecule has 1 aromatic rings. The van der Waals surface area contributed by atoms with Crippen LogP contribution in [-0.2, 0) is 9.53 Å². The van der Waals surface area contributed by atoms with E-state index in [0.717, 1.165) is 0 Å². The van der Waals surface area contributed by atoms with Gasteiger partial charge in [-0.1, -0.05) is 29.8 Å². The molecule has 0 unspecified atom stereocenters. The van der Waals surface area contributed by atoms with Crippen molar-refractivity contribution >= 4 is 30.0 Å². The molecule has 0 saturated heterocycles. The van der Waals surface area contributed by atoms with Gasteiger partial charge in [-0.15, -0.1) is 12.4 Å². The second-order valence-electron chi connectivity index (χ2n) is 3.34. The topological polar surface area (TPSA) is 52.3 Å². The van der Waals surface area contributed by atoms with Gasteiger partial charge in [-0.05, 0) is 18.6 Å². The van der Waals surface area contributed by atoms with Gasteiger partial charge in [0.15, 0.2) is 0 Å². The van der Waals surface area contributed by atoms with Gasteiger partial charge in [-0.3, -0.25) is 0 Å². The molecular weight excluding hydrogens is 287 g/mol. The van der Waals surface area contributed by atoms with Crippen molar-refractivity contribution in [3.05, 3.63) is 34.9 Å². The zero-order valence-corrected chi connectivity index (χ0v) is 11.1. The highest BCUT2D eigenvalue weighted by Crippen LogP contribution is 2.33. The van der Waals surface area contributed by atoms with Gasteiger partial charge in [-0.2, -0.15) is 8.78 Å². The Morgan fingerprint density at radius 3 is 2.56 bits per heavy atom. The Morgan fingerprint density at radius 1 is 1.50 bits per heavy atom. The second kappa shape index (κ2) is 6.87. The number of hydrogen-bond donors (Lipinski definition) is 1. The first-order valence-electron chi connectivity index (χ1n) is 4.96. The zero-order chi connectivity index (χ0) is 13.1. The number of halogens is 4. The quantitative estimate of drug-likeness (QED) is 0.870. The molecule has 1 atom stereocenters. The Morgan fingerprint density at radius 2 is 2.06 bits per heavy atom. The van der Waals surface area contributed by atoms with Gasteiger partial charge in [0.2, 0.25) is 0 Å².